The zero-order valence-electron chi connectivity index (χ0n) is 19.6. The number of carbonyl (C=O) groups is 4. The highest BCUT2D eigenvalue weighted by Crippen LogP contribution is 2.23. The number of fused-ring (bicyclic) bond motifs is 1. The molecule has 1 aliphatic rings. The van der Waals surface area contributed by atoms with Crippen molar-refractivity contribution < 1.29 is 19.2 Å². The molecule has 0 aliphatic carbocycles. The number of rotatable bonds is 11. The first-order valence-electron chi connectivity index (χ1n) is 11.6. The molecular formula is C26H30ClN3O4. The van der Waals surface area contributed by atoms with E-state index in [4.69, 9.17) is 11.6 Å². The average molecular weight is 484 g/mol. The Kier molecular flexibility index (Phi) is 8.82. The molecule has 2 aromatic carbocycles. The lowest BCUT2D eigenvalue weighted by molar-refractivity contribution is -0.141. The van der Waals surface area contributed by atoms with Crippen molar-refractivity contribution in [3.8, 4) is 0 Å². The zero-order chi connectivity index (χ0) is 24.7. The SMILES string of the molecule is CCCNC(=O)[C@H](CC)N(Cc1ccc(Cl)cc1)C(=O)CCCN1C(=O)c2ccccc2C1=O. The molecule has 1 aliphatic heterocycles. The summed E-state index contributed by atoms with van der Waals surface area (Å²) >= 11 is 5.99. The highest BCUT2D eigenvalue weighted by Gasteiger charge is 2.35. The first-order chi connectivity index (χ1) is 16.4. The normalized spacial score (nSPS) is 13.6. The fraction of sp³-hybridized carbons (Fsp3) is 0.385. The van der Waals surface area contributed by atoms with Crippen molar-refractivity contribution in [3.05, 3.63) is 70.2 Å². The van der Waals surface area contributed by atoms with Gasteiger partial charge >= 0.3 is 0 Å². The fourth-order valence-corrected chi connectivity index (χ4v) is 4.17. The molecule has 4 amide bonds. The number of hydrogen-bond donors (Lipinski definition) is 1. The molecule has 1 atom stereocenters. The smallest absolute Gasteiger partial charge is 0.261 e. The van der Waals surface area contributed by atoms with E-state index in [1.807, 2.05) is 26.0 Å². The molecule has 8 heteroatoms. The van der Waals surface area contributed by atoms with Crippen molar-refractivity contribution in [1.82, 2.24) is 15.1 Å². The Morgan fingerprint density at radius 2 is 1.62 bits per heavy atom. The number of halogens is 1. The first-order valence-corrected chi connectivity index (χ1v) is 12.0. The van der Waals surface area contributed by atoms with Gasteiger partial charge in [0.25, 0.3) is 11.8 Å². The summed E-state index contributed by atoms with van der Waals surface area (Å²) in [5, 5.41) is 3.48. The van der Waals surface area contributed by atoms with Gasteiger partial charge in [-0.1, -0.05) is 49.7 Å². The van der Waals surface area contributed by atoms with Crippen molar-refractivity contribution in [1.29, 1.82) is 0 Å². The van der Waals surface area contributed by atoms with Crippen LogP contribution in [-0.4, -0.2) is 52.6 Å². The van der Waals surface area contributed by atoms with Gasteiger partial charge in [0.05, 0.1) is 11.1 Å². The summed E-state index contributed by atoms with van der Waals surface area (Å²) in [4.78, 5) is 54.0. The first kappa shape index (κ1) is 25.4. The lowest BCUT2D eigenvalue weighted by atomic mass is 10.1. The van der Waals surface area contributed by atoms with Crippen molar-refractivity contribution in [2.75, 3.05) is 13.1 Å². The number of nitrogens with one attached hydrogen (secondary N) is 1. The molecule has 0 saturated carbocycles. The van der Waals surface area contributed by atoms with E-state index in [2.05, 4.69) is 5.32 Å². The maximum Gasteiger partial charge on any atom is 0.261 e. The molecule has 180 valence electrons. The number of benzene rings is 2. The van der Waals surface area contributed by atoms with Gasteiger partial charge in [0.15, 0.2) is 0 Å². The van der Waals surface area contributed by atoms with Crippen LogP contribution in [0.3, 0.4) is 0 Å². The quantitative estimate of drug-likeness (QED) is 0.488. The number of amides is 4. The minimum absolute atomic E-state index is 0.110. The molecule has 1 N–H and O–H groups in total. The van der Waals surface area contributed by atoms with E-state index in [1.165, 1.54) is 4.90 Å². The van der Waals surface area contributed by atoms with E-state index in [-0.39, 0.29) is 43.1 Å². The third-order valence-corrected chi connectivity index (χ3v) is 6.10. The lowest BCUT2D eigenvalue weighted by Crippen LogP contribution is -2.49. The van der Waals surface area contributed by atoms with Gasteiger partial charge in [-0.3, -0.25) is 24.1 Å². The average Bonchev–Trinajstić information content (AvgIpc) is 3.08. The standard InChI is InChI=1S/C26H30ClN3O4/c1-3-15-28-24(32)22(4-2)30(17-18-11-13-19(27)14-12-18)23(31)10-7-16-29-25(33)20-8-5-6-9-21(20)26(29)34/h5-6,8-9,11-14,22H,3-4,7,10,15-17H2,1-2H3,(H,28,32)/t22-/m0/s1. The van der Waals surface area contributed by atoms with E-state index in [0.29, 0.717) is 35.5 Å². The molecular weight excluding hydrogens is 454 g/mol. The Balaban J connectivity index is 1.69. The summed E-state index contributed by atoms with van der Waals surface area (Å²) in [6.45, 7) is 4.79. The molecule has 2 aromatic rings. The number of hydrogen-bond acceptors (Lipinski definition) is 4. The van der Waals surface area contributed by atoms with Gasteiger partial charge in [0, 0.05) is 31.1 Å². The van der Waals surface area contributed by atoms with E-state index >= 15 is 0 Å². The van der Waals surface area contributed by atoms with Crippen LogP contribution >= 0.6 is 11.6 Å². The van der Waals surface area contributed by atoms with Crippen LogP contribution in [0.15, 0.2) is 48.5 Å². The van der Waals surface area contributed by atoms with Crippen LogP contribution in [0.2, 0.25) is 5.02 Å². The Labute approximate surface area is 205 Å². The Morgan fingerprint density at radius 1 is 1.00 bits per heavy atom. The maximum atomic E-state index is 13.3. The molecule has 0 bridgehead atoms. The minimum atomic E-state index is -0.617. The molecule has 0 radical (unpaired) electrons. The molecule has 0 aromatic heterocycles. The van der Waals surface area contributed by atoms with Gasteiger partial charge < -0.3 is 10.2 Å². The predicted octanol–water partition coefficient (Wildman–Crippen LogP) is 4.05. The van der Waals surface area contributed by atoms with Gasteiger partial charge in [-0.15, -0.1) is 0 Å². The van der Waals surface area contributed by atoms with Crippen LogP contribution in [-0.2, 0) is 16.1 Å². The van der Waals surface area contributed by atoms with Gasteiger partial charge in [-0.2, -0.15) is 0 Å². The van der Waals surface area contributed by atoms with E-state index in [9.17, 15) is 19.2 Å². The molecule has 0 fully saturated rings. The van der Waals surface area contributed by atoms with Crippen molar-refractivity contribution in [3.63, 3.8) is 0 Å². The van der Waals surface area contributed by atoms with Crippen molar-refractivity contribution in [2.24, 2.45) is 0 Å². The highest BCUT2D eigenvalue weighted by molar-refractivity contribution is 6.30. The predicted molar refractivity (Wildman–Crippen MR) is 130 cm³/mol. The lowest BCUT2D eigenvalue weighted by Gasteiger charge is -2.31. The summed E-state index contributed by atoms with van der Waals surface area (Å²) in [5.74, 6) is -1.06. The van der Waals surface area contributed by atoms with E-state index in [1.54, 1.807) is 41.3 Å². The summed E-state index contributed by atoms with van der Waals surface area (Å²) < 4.78 is 0. The summed E-state index contributed by atoms with van der Waals surface area (Å²) in [6, 6.07) is 13.3. The fourth-order valence-electron chi connectivity index (χ4n) is 4.05. The Morgan fingerprint density at radius 3 is 2.18 bits per heavy atom. The molecule has 1 heterocycles. The van der Waals surface area contributed by atoms with Crippen LogP contribution in [0.25, 0.3) is 0 Å². The maximum absolute atomic E-state index is 13.3. The van der Waals surface area contributed by atoms with Crippen LogP contribution in [0.4, 0.5) is 0 Å². The number of carbonyl (C=O) groups excluding carboxylic acids is 4. The third-order valence-electron chi connectivity index (χ3n) is 5.85. The highest BCUT2D eigenvalue weighted by atomic mass is 35.5. The number of imide groups is 1. The minimum Gasteiger partial charge on any atom is -0.354 e. The van der Waals surface area contributed by atoms with E-state index < -0.39 is 6.04 Å². The van der Waals surface area contributed by atoms with Gasteiger partial charge in [-0.05, 0) is 49.1 Å². The zero-order valence-corrected chi connectivity index (χ0v) is 20.3. The third kappa shape index (κ3) is 5.83. The summed E-state index contributed by atoms with van der Waals surface area (Å²) in [7, 11) is 0. The molecule has 7 nitrogen and oxygen atoms in total. The molecule has 0 saturated heterocycles. The van der Waals surface area contributed by atoms with Crippen molar-refractivity contribution in [2.45, 2.75) is 52.1 Å². The second-order valence-corrected chi connectivity index (χ2v) is 8.71. The van der Waals surface area contributed by atoms with Crippen LogP contribution < -0.4 is 5.32 Å². The Bertz CT molecular complexity index is 1020. The topological polar surface area (TPSA) is 86.8 Å². The summed E-state index contributed by atoms with van der Waals surface area (Å²) in [6.07, 6.45) is 1.69. The van der Waals surface area contributed by atoms with Gasteiger partial charge in [0.2, 0.25) is 11.8 Å². The van der Waals surface area contributed by atoms with Crippen LogP contribution in [0.5, 0.6) is 0 Å². The van der Waals surface area contributed by atoms with Crippen molar-refractivity contribution >= 4 is 35.2 Å². The number of nitrogens with zero attached hydrogens (tertiary/aromatic N) is 2. The van der Waals surface area contributed by atoms with Crippen LogP contribution in [0, 0.1) is 0 Å². The second kappa shape index (κ2) is 11.8. The summed E-state index contributed by atoms with van der Waals surface area (Å²) in [5.41, 5.74) is 1.64. The second-order valence-electron chi connectivity index (χ2n) is 8.27. The molecule has 34 heavy (non-hydrogen) atoms. The molecule has 0 spiro atoms. The van der Waals surface area contributed by atoms with Gasteiger partial charge in [-0.25, -0.2) is 0 Å². The van der Waals surface area contributed by atoms with Gasteiger partial charge in [0.1, 0.15) is 6.04 Å². The largest absolute Gasteiger partial charge is 0.354 e. The van der Waals surface area contributed by atoms with E-state index in [0.717, 1.165) is 12.0 Å². The van der Waals surface area contributed by atoms with Crippen LogP contribution in [0.1, 0.15) is 65.8 Å². The monoisotopic (exact) mass is 483 g/mol. The molecule has 0 unspecified atom stereocenters. The molecule has 3 rings (SSSR count). The Hall–Kier alpha value is -3.19.